The maximum atomic E-state index is 5.78. The molecule has 0 aliphatic rings. The number of halogens is 4. The maximum absolute atomic E-state index is 5.78. The highest BCUT2D eigenvalue weighted by atomic mass is 35.7. The second-order valence-corrected chi connectivity index (χ2v) is 14.6. The molecule has 0 bridgehead atoms. The summed E-state index contributed by atoms with van der Waals surface area (Å²) in [6.45, 7) is -0.0492. The molecule has 0 atom stereocenters. The van der Waals surface area contributed by atoms with E-state index in [0.29, 0.717) is 0 Å². The van der Waals surface area contributed by atoms with Gasteiger partial charge in [-0.25, -0.2) is 0 Å². The van der Waals surface area contributed by atoms with Gasteiger partial charge in [-0.05, 0) is 18.6 Å². The molecular weight excluding hydrogens is 234 g/mol. The van der Waals surface area contributed by atoms with Crippen molar-refractivity contribution in [1.82, 2.24) is 0 Å². The second kappa shape index (κ2) is 4.47. The molecule has 9 heavy (non-hydrogen) atoms. The van der Waals surface area contributed by atoms with Gasteiger partial charge in [0.1, 0.15) is 0 Å². The third kappa shape index (κ3) is 9.59. The topological polar surface area (TPSA) is 0 Å². The van der Waals surface area contributed by atoms with E-state index in [1.165, 1.54) is 0 Å². The molecule has 1 radical (unpaired) electrons. The van der Waals surface area contributed by atoms with Gasteiger partial charge in [-0.15, -0.1) is 44.3 Å². The van der Waals surface area contributed by atoms with E-state index < -0.39 is 14.1 Å². The van der Waals surface area contributed by atoms with Crippen molar-refractivity contribution in [2.45, 2.75) is 18.6 Å². The van der Waals surface area contributed by atoms with E-state index in [2.05, 4.69) is 0 Å². The molecule has 0 aliphatic carbocycles. The van der Waals surface area contributed by atoms with E-state index in [9.17, 15) is 0 Å². The van der Waals surface area contributed by atoms with Gasteiger partial charge in [0, 0.05) is 0 Å². The lowest BCUT2D eigenvalue weighted by atomic mass is 11.0. The minimum atomic E-state index is -1.92. The highest BCUT2D eigenvalue weighted by Gasteiger charge is 2.22. The molecule has 0 amide bonds. The lowest BCUT2D eigenvalue weighted by Crippen LogP contribution is -2.13. The third-order valence-electron chi connectivity index (χ3n) is 0.753. The van der Waals surface area contributed by atoms with Gasteiger partial charge >= 0.3 is 0 Å². The Bertz CT molecular complexity index is 78.4. The van der Waals surface area contributed by atoms with Crippen LogP contribution in [0.1, 0.15) is 0 Å². The number of hydrogen-bond acceptors (Lipinski definition) is 0. The van der Waals surface area contributed by atoms with Crippen molar-refractivity contribution in [3.05, 3.63) is 0 Å². The molecule has 0 rings (SSSR count). The van der Waals surface area contributed by atoms with Crippen molar-refractivity contribution in [1.29, 1.82) is 0 Å². The standard InChI is InChI=1S/C3H7Cl4Si2/c1-9(6,7)3-2-8(4)5/h2-3H2,1H3. The van der Waals surface area contributed by atoms with Crippen LogP contribution in [0, 0.1) is 0 Å². The van der Waals surface area contributed by atoms with Gasteiger partial charge in [0.05, 0.1) is 0 Å². The summed E-state index contributed by atoms with van der Waals surface area (Å²) in [6.07, 6.45) is 0. The molecule has 0 fully saturated rings. The van der Waals surface area contributed by atoms with E-state index in [1.54, 1.807) is 0 Å². The first-order valence-electron chi connectivity index (χ1n) is 2.46. The van der Waals surface area contributed by atoms with Crippen LogP contribution >= 0.6 is 44.3 Å². The summed E-state index contributed by atoms with van der Waals surface area (Å²) >= 11 is 22.7. The van der Waals surface area contributed by atoms with E-state index in [0.717, 1.165) is 12.1 Å². The normalized spacial score (nSPS) is 12.7. The van der Waals surface area contributed by atoms with Crippen LogP contribution < -0.4 is 0 Å². The van der Waals surface area contributed by atoms with Crippen LogP contribution in [0.5, 0.6) is 0 Å². The molecule has 0 aromatic heterocycles. The van der Waals surface area contributed by atoms with Crippen molar-refractivity contribution < 1.29 is 0 Å². The summed E-state index contributed by atoms with van der Waals surface area (Å²) in [6, 6.07) is 1.60. The summed E-state index contributed by atoms with van der Waals surface area (Å²) in [5.74, 6) is 0. The molecule has 0 N–H and O–H groups in total. The Kier molecular flexibility index (Phi) is 5.26. The Labute approximate surface area is 76.9 Å². The summed E-state index contributed by atoms with van der Waals surface area (Å²) in [7, 11) is -1.16. The average Bonchev–Trinajstić information content (AvgIpc) is 1.59. The van der Waals surface area contributed by atoms with Crippen molar-refractivity contribution in [3.63, 3.8) is 0 Å². The Hall–Kier alpha value is 1.59. The zero-order valence-corrected chi connectivity index (χ0v) is 9.95. The smallest absolute Gasteiger partial charge is 0.147 e. The lowest BCUT2D eigenvalue weighted by molar-refractivity contribution is 1.40. The molecule has 0 saturated carbocycles. The summed E-state index contributed by atoms with van der Waals surface area (Å²) in [5, 5.41) is 0. The van der Waals surface area contributed by atoms with Gasteiger partial charge in [0.25, 0.3) is 7.42 Å². The Morgan fingerprint density at radius 1 is 1.33 bits per heavy atom. The monoisotopic (exact) mass is 239 g/mol. The molecule has 0 aromatic carbocycles. The summed E-state index contributed by atoms with van der Waals surface area (Å²) in [5.41, 5.74) is 0. The lowest BCUT2D eigenvalue weighted by Gasteiger charge is -2.07. The predicted octanol–water partition coefficient (Wildman–Crippen LogP) is 3.50. The summed E-state index contributed by atoms with van der Waals surface area (Å²) < 4.78 is 0. The Morgan fingerprint density at radius 3 is 1.89 bits per heavy atom. The molecule has 0 spiro atoms. The third-order valence-corrected chi connectivity index (χ3v) is 5.28. The van der Waals surface area contributed by atoms with Gasteiger partial charge in [-0.2, -0.15) is 0 Å². The highest BCUT2D eigenvalue weighted by molar-refractivity contribution is 7.45. The molecular formula is C3H7Cl4Si2. The van der Waals surface area contributed by atoms with Crippen LogP contribution in [-0.4, -0.2) is 14.1 Å². The van der Waals surface area contributed by atoms with E-state index in [1.807, 2.05) is 6.55 Å². The van der Waals surface area contributed by atoms with Crippen molar-refractivity contribution in [2.24, 2.45) is 0 Å². The fraction of sp³-hybridized carbons (Fsp3) is 1.00. The molecule has 6 heteroatoms. The minimum Gasteiger partial charge on any atom is -0.147 e. The quantitative estimate of drug-likeness (QED) is 0.524. The molecule has 0 aliphatic heterocycles. The molecule has 55 valence electrons. The van der Waals surface area contributed by atoms with Crippen LogP contribution in [0.15, 0.2) is 0 Å². The first-order valence-corrected chi connectivity index (χ1v) is 10.9. The average molecular weight is 241 g/mol. The first kappa shape index (κ1) is 10.6. The van der Waals surface area contributed by atoms with Crippen LogP contribution in [0.2, 0.25) is 18.6 Å². The van der Waals surface area contributed by atoms with Gasteiger partial charge in [0.15, 0.2) is 0 Å². The van der Waals surface area contributed by atoms with Crippen molar-refractivity contribution in [3.8, 4) is 0 Å². The molecule has 0 heterocycles. The molecule has 0 aromatic rings. The maximum Gasteiger partial charge on any atom is 0.273 e. The fourth-order valence-electron chi connectivity index (χ4n) is 0.314. The van der Waals surface area contributed by atoms with Gasteiger partial charge < -0.3 is 0 Å². The number of rotatable bonds is 3. The highest BCUT2D eigenvalue weighted by Crippen LogP contribution is 2.24. The van der Waals surface area contributed by atoms with E-state index >= 15 is 0 Å². The minimum absolute atomic E-state index is 0.795. The SMILES string of the molecule is C[Si](Cl)(Cl)CC[Si](Cl)Cl. The molecule has 0 nitrogen and oxygen atoms in total. The molecule has 0 saturated heterocycles. The van der Waals surface area contributed by atoms with Gasteiger partial charge in [0.2, 0.25) is 6.69 Å². The second-order valence-electron chi connectivity index (χ2n) is 1.91. The first-order chi connectivity index (χ1) is 3.92. The zero-order valence-electron chi connectivity index (χ0n) is 4.93. The van der Waals surface area contributed by atoms with E-state index in [-0.39, 0.29) is 0 Å². The van der Waals surface area contributed by atoms with Crippen molar-refractivity contribution >= 4 is 58.4 Å². The van der Waals surface area contributed by atoms with Crippen LogP contribution in [0.25, 0.3) is 0 Å². The Morgan fingerprint density at radius 2 is 1.78 bits per heavy atom. The molecule has 0 unspecified atom stereocenters. The van der Waals surface area contributed by atoms with Crippen LogP contribution in [0.3, 0.4) is 0 Å². The van der Waals surface area contributed by atoms with Crippen LogP contribution in [-0.2, 0) is 0 Å². The van der Waals surface area contributed by atoms with Crippen LogP contribution in [0.4, 0.5) is 0 Å². The predicted molar refractivity (Wildman–Crippen MR) is 50.4 cm³/mol. The largest absolute Gasteiger partial charge is 0.273 e. The van der Waals surface area contributed by atoms with Crippen molar-refractivity contribution in [2.75, 3.05) is 0 Å². The fourth-order valence-corrected chi connectivity index (χ4v) is 6.23. The Balaban J connectivity index is 3.28. The summed E-state index contributed by atoms with van der Waals surface area (Å²) in [4.78, 5) is 0. The zero-order chi connectivity index (χ0) is 7.49. The van der Waals surface area contributed by atoms with Gasteiger partial charge in [-0.3, -0.25) is 0 Å². The number of hydrogen-bond donors (Lipinski definition) is 0. The van der Waals surface area contributed by atoms with Gasteiger partial charge in [-0.1, -0.05) is 0 Å². The van der Waals surface area contributed by atoms with E-state index in [4.69, 9.17) is 44.3 Å².